The number of benzene rings is 2. The van der Waals surface area contributed by atoms with Crippen LogP contribution in [0.4, 0.5) is 14.6 Å². The minimum atomic E-state index is -0.919. The van der Waals surface area contributed by atoms with Crippen molar-refractivity contribution >= 4 is 23.3 Å². The van der Waals surface area contributed by atoms with Gasteiger partial charge in [0.2, 0.25) is 0 Å². The molecule has 0 spiro atoms. The van der Waals surface area contributed by atoms with Crippen LogP contribution < -0.4 is 5.32 Å². The Bertz CT molecular complexity index is 938. The average Bonchev–Trinajstić information content (AvgIpc) is 2.59. The van der Waals surface area contributed by atoms with E-state index in [0.29, 0.717) is 11.4 Å². The van der Waals surface area contributed by atoms with Gasteiger partial charge in [0.25, 0.3) is 5.91 Å². The van der Waals surface area contributed by atoms with E-state index in [1.807, 2.05) is 25.1 Å². The van der Waals surface area contributed by atoms with Crippen molar-refractivity contribution in [2.45, 2.75) is 13.3 Å². The van der Waals surface area contributed by atoms with Gasteiger partial charge in [-0.15, -0.1) is 0 Å². The van der Waals surface area contributed by atoms with Gasteiger partial charge in [0.05, 0.1) is 0 Å². The van der Waals surface area contributed by atoms with Gasteiger partial charge in [0.1, 0.15) is 23.0 Å². The number of carbonyl (C=O) groups excluding carboxylic acids is 1. The van der Waals surface area contributed by atoms with Crippen molar-refractivity contribution in [3.8, 4) is 0 Å². The summed E-state index contributed by atoms with van der Waals surface area (Å²) in [5.74, 6) is -2.50. The molecule has 1 heterocycles. The highest BCUT2D eigenvalue weighted by atomic mass is 35.5. The van der Waals surface area contributed by atoms with Crippen molar-refractivity contribution in [1.29, 1.82) is 0 Å². The van der Waals surface area contributed by atoms with Gasteiger partial charge in [-0.1, -0.05) is 29.8 Å². The highest BCUT2D eigenvalue weighted by molar-refractivity contribution is 6.30. The van der Waals surface area contributed by atoms with E-state index in [-0.39, 0.29) is 5.82 Å². The minimum Gasteiger partial charge on any atom is -0.306 e. The molecular formula is C20H15ClF2N2O. The van der Waals surface area contributed by atoms with Crippen LogP contribution in [0.25, 0.3) is 0 Å². The number of nitrogens with zero attached hydrogens (tertiary/aromatic N) is 1. The Morgan fingerprint density at radius 1 is 1.12 bits per heavy atom. The lowest BCUT2D eigenvalue weighted by atomic mass is 10.0. The summed E-state index contributed by atoms with van der Waals surface area (Å²) in [6.07, 6.45) is 2.27. The molecule has 3 aromatic rings. The van der Waals surface area contributed by atoms with Crippen LogP contribution in [0.5, 0.6) is 0 Å². The van der Waals surface area contributed by atoms with Crippen LogP contribution >= 0.6 is 11.6 Å². The van der Waals surface area contributed by atoms with E-state index in [4.69, 9.17) is 11.6 Å². The second kappa shape index (κ2) is 7.62. The molecule has 0 aliphatic rings. The number of carbonyl (C=O) groups is 1. The van der Waals surface area contributed by atoms with Gasteiger partial charge in [-0.25, -0.2) is 13.8 Å². The van der Waals surface area contributed by atoms with Crippen LogP contribution in [0.2, 0.25) is 5.02 Å². The van der Waals surface area contributed by atoms with Crippen LogP contribution in [-0.2, 0) is 6.42 Å². The molecule has 0 saturated carbocycles. The van der Waals surface area contributed by atoms with Gasteiger partial charge in [-0.3, -0.25) is 4.79 Å². The Kier molecular flexibility index (Phi) is 5.28. The Labute approximate surface area is 154 Å². The van der Waals surface area contributed by atoms with E-state index in [0.717, 1.165) is 28.8 Å². The molecule has 0 fully saturated rings. The fourth-order valence-corrected chi connectivity index (χ4v) is 2.80. The molecule has 1 amide bonds. The molecule has 132 valence electrons. The number of hydrogen-bond donors (Lipinski definition) is 1. The van der Waals surface area contributed by atoms with Gasteiger partial charge >= 0.3 is 0 Å². The van der Waals surface area contributed by atoms with Crippen LogP contribution in [-0.4, -0.2) is 10.9 Å². The quantitative estimate of drug-likeness (QED) is 0.687. The van der Waals surface area contributed by atoms with Crippen molar-refractivity contribution in [3.63, 3.8) is 0 Å². The normalized spacial score (nSPS) is 10.6. The molecule has 0 saturated heterocycles. The molecule has 3 rings (SSSR count). The zero-order valence-corrected chi connectivity index (χ0v) is 14.6. The van der Waals surface area contributed by atoms with Crippen molar-refractivity contribution < 1.29 is 13.6 Å². The fraction of sp³-hybridized carbons (Fsp3) is 0.100. The maximum absolute atomic E-state index is 13.6. The molecule has 1 aromatic heterocycles. The third kappa shape index (κ3) is 4.06. The second-order valence-corrected chi connectivity index (χ2v) is 6.29. The number of nitrogens with one attached hydrogen (secondary N) is 1. The smallest absolute Gasteiger partial charge is 0.262 e. The summed E-state index contributed by atoms with van der Waals surface area (Å²) in [6, 6.07) is 12.3. The SMILES string of the molecule is Cc1cc(Cl)ccc1Cc1ccc(NC(=O)c2c(F)cccc2F)nc1. The summed E-state index contributed by atoms with van der Waals surface area (Å²) in [7, 11) is 0. The van der Waals surface area contributed by atoms with E-state index in [9.17, 15) is 13.6 Å². The Morgan fingerprint density at radius 2 is 1.85 bits per heavy atom. The highest BCUT2D eigenvalue weighted by Gasteiger charge is 2.17. The summed E-state index contributed by atoms with van der Waals surface area (Å²) in [6.45, 7) is 1.98. The Hall–Kier alpha value is -2.79. The zero-order valence-electron chi connectivity index (χ0n) is 13.9. The predicted octanol–water partition coefficient (Wildman–Crippen LogP) is 5.16. The first-order chi connectivity index (χ1) is 12.4. The van der Waals surface area contributed by atoms with Gasteiger partial charge in [0, 0.05) is 11.2 Å². The van der Waals surface area contributed by atoms with Crippen LogP contribution in [0.3, 0.4) is 0 Å². The van der Waals surface area contributed by atoms with Gasteiger partial charge in [-0.2, -0.15) is 0 Å². The molecule has 0 atom stereocenters. The number of rotatable bonds is 4. The van der Waals surface area contributed by atoms with E-state index >= 15 is 0 Å². The summed E-state index contributed by atoms with van der Waals surface area (Å²) in [5.41, 5.74) is 2.49. The number of hydrogen-bond acceptors (Lipinski definition) is 2. The molecule has 0 aliphatic carbocycles. The maximum atomic E-state index is 13.6. The van der Waals surface area contributed by atoms with Crippen LogP contribution in [0.15, 0.2) is 54.7 Å². The Balaban J connectivity index is 1.72. The first kappa shape index (κ1) is 18.0. The first-order valence-electron chi connectivity index (χ1n) is 7.89. The zero-order chi connectivity index (χ0) is 18.7. The molecule has 26 heavy (non-hydrogen) atoms. The van der Waals surface area contributed by atoms with E-state index < -0.39 is 23.1 Å². The van der Waals surface area contributed by atoms with E-state index in [1.165, 1.54) is 6.07 Å². The summed E-state index contributed by atoms with van der Waals surface area (Å²) in [4.78, 5) is 16.2. The third-order valence-electron chi connectivity index (χ3n) is 3.96. The Morgan fingerprint density at radius 3 is 2.46 bits per heavy atom. The average molecular weight is 373 g/mol. The topological polar surface area (TPSA) is 42.0 Å². The van der Waals surface area contributed by atoms with Gasteiger partial charge < -0.3 is 5.32 Å². The summed E-state index contributed by atoms with van der Waals surface area (Å²) < 4.78 is 27.3. The highest BCUT2D eigenvalue weighted by Crippen LogP contribution is 2.19. The van der Waals surface area contributed by atoms with Crippen molar-refractivity contribution in [2.24, 2.45) is 0 Å². The fourth-order valence-electron chi connectivity index (χ4n) is 2.57. The maximum Gasteiger partial charge on any atom is 0.262 e. The monoisotopic (exact) mass is 372 g/mol. The lowest BCUT2D eigenvalue weighted by molar-refractivity contribution is 0.101. The molecule has 0 unspecified atom stereocenters. The number of amides is 1. The first-order valence-corrected chi connectivity index (χ1v) is 8.27. The molecular weight excluding hydrogens is 358 g/mol. The van der Waals surface area contributed by atoms with Crippen molar-refractivity contribution in [3.05, 3.63) is 93.6 Å². The number of halogens is 3. The largest absolute Gasteiger partial charge is 0.306 e. The minimum absolute atomic E-state index is 0.217. The van der Waals surface area contributed by atoms with E-state index in [2.05, 4.69) is 10.3 Å². The number of pyridine rings is 1. The lowest BCUT2D eigenvalue weighted by Crippen LogP contribution is -2.16. The third-order valence-corrected chi connectivity index (χ3v) is 4.19. The number of aromatic nitrogens is 1. The summed E-state index contributed by atoms with van der Waals surface area (Å²) in [5, 5.41) is 3.09. The molecule has 0 radical (unpaired) electrons. The lowest BCUT2D eigenvalue weighted by Gasteiger charge is -2.09. The molecule has 3 nitrogen and oxygen atoms in total. The molecule has 6 heteroatoms. The predicted molar refractivity (Wildman–Crippen MR) is 97.5 cm³/mol. The molecule has 2 aromatic carbocycles. The standard InChI is InChI=1S/C20H15ClF2N2O/c1-12-9-15(21)7-6-14(12)10-13-5-8-18(24-11-13)25-20(26)19-16(22)3-2-4-17(19)23/h2-9,11H,10H2,1H3,(H,24,25,26). The van der Waals surface area contributed by atoms with Crippen molar-refractivity contribution in [2.75, 3.05) is 5.32 Å². The van der Waals surface area contributed by atoms with Crippen LogP contribution in [0.1, 0.15) is 27.0 Å². The number of aryl methyl sites for hydroxylation is 1. The van der Waals surface area contributed by atoms with E-state index in [1.54, 1.807) is 18.3 Å². The summed E-state index contributed by atoms with van der Waals surface area (Å²) >= 11 is 5.96. The van der Waals surface area contributed by atoms with Crippen LogP contribution in [0, 0.1) is 18.6 Å². The van der Waals surface area contributed by atoms with Gasteiger partial charge in [0.15, 0.2) is 0 Å². The second-order valence-electron chi connectivity index (χ2n) is 5.85. The molecule has 0 aliphatic heterocycles. The number of anilines is 1. The van der Waals surface area contributed by atoms with Gasteiger partial charge in [-0.05, 0) is 60.4 Å². The van der Waals surface area contributed by atoms with Crippen molar-refractivity contribution in [1.82, 2.24) is 4.98 Å². The molecule has 0 bridgehead atoms. The molecule has 1 N–H and O–H groups in total.